The van der Waals surface area contributed by atoms with Crippen LogP contribution in [0, 0.1) is 20.2 Å². The lowest BCUT2D eigenvalue weighted by atomic mass is 10.3. The highest BCUT2D eigenvalue weighted by atomic mass is 32.3. The summed E-state index contributed by atoms with van der Waals surface area (Å²) in [5.41, 5.74) is -2.12. The van der Waals surface area contributed by atoms with Gasteiger partial charge in [0.05, 0.1) is 13.8 Å². The maximum Gasteiger partial charge on any atom is 0.290 e. The summed E-state index contributed by atoms with van der Waals surface area (Å²) in [5, 5.41) is 21.8. The highest BCUT2D eigenvalue weighted by Crippen LogP contribution is 2.33. The quantitative estimate of drug-likeness (QED) is 0.399. The van der Waals surface area contributed by atoms with Gasteiger partial charge in [-0.05, 0) is 12.1 Å². The Morgan fingerprint density at radius 3 is 1.35 bits per heavy atom. The number of sulfonamides is 2. The number of rotatable bonds is 6. The zero-order valence-corrected chi connectivity index (χ0v) is 14.1. The summed E-state index contributed by atoms with van der Waals surface area (Å²) in [5.74, 6) is 0. The van der Waals surface area contributed by atoms with Gasteiger partial charge in [-0.1, -0.05) is 24.3 Å². The van der Waals surface area contributed by atoms with Crippen LogP contribution in [-0.4, -0.2) is 30.6 Å². The van der Waals surface area contributed by atoms with Crippen LogP contribution in [0.5, 0.6) is 0 Å². The summed E-state index contributed by atoms with van der Waals surface area (Å²) in [6.45, 7) is 0. The van der Waals surface area contributed by atoms with E-state index in [1.165, 1.54) is 0 Å². The second-order valence-corrected chi connectivity index (χ2v) is 8.26. The molecule has 11 nitrogen and oxygen atoms in total. The second kappa shape index (κ2) is 6.74. The first-order chi connectivity index (χ1) is 12.0. The minimum absolute atomic E-state index is 0.634. The summed E-state index contributed by atoms with van der Waals surface area (Å²) < 4.78 is 61.8. The molecule has 0 spiro atoms. The molecule has 0 aliphatic carbocycles. The van der Waals surface area contributed by atoms with Crippen LogP contribution in [-0.2, 0) is 20.0 Å². The Balaban J connectivity index is 2.67. The third kappa shape index (κ3) is 3.24. The molecule has 14 heteroatoms. The Labute approximate surface area is 145 Å². The molecule has 0 atom stereocenters. The van der Waals surface area contributed by atoms with E-state index in [2.05, 4.69) is 0 Å². The van der Waals surface area contributed by atoms with Crippen molar-refractivity contribution in [3.05, 3.63) is 68.8 Å². The molecule has 0 amide bonds. The molecular weight excluding hydrogens is 397 g/mol. The largest absolute Gasteiger partial charge is 0.290 e. The number of hydrogen-bond acceptors (Lipinski definition) is 8. The summed E-state index contributed by atoms with van der Waals surface area (Å²) in [6.07, 6.45) is 0. The number of para-hydroxylation sites is 2. The molecule has 0 unspecified atom stereocenters. The SMILES string of the molecule is O=[N+]([O-])c1ccccc1S(=O)(=O)N(F)S(=O)(=O)c1ccccc1[N+](=O)[O-]. The summed E-state index contributed by atoms with van der Waals surface area (Å²) in [4.78, 5) is 17.1. The lowest BCUT2D eigenvalue weighted by Crippen LogP contribution is -2.30. The van der Waals surface area contributed by atoms with Crippen molar-refractivity contribution in [1.82, 2.24) is 3.93 Å². The zero-order chi connectivity index (χ0) is 19.7. The predicted octanol–water partition coefficient (Wildman–Crippen LogP) is 1.77. The third-order valence-corrected chi connectivity index (χ3v) is 6.79. The van der Waals surface area contributed by atoms with Crippen LogP contribution >= 0.6 is 0 Å². The number of nitrogens with zero attached hydrogens (tertiary/aromatic N) is 3. The van der Waals surface area contributed by atoms with Gasteiger partial charge in [0.1, 0.15) is 0 Å². The van der Waals surface area contributed by atoms with Crippen LogP contribution in [0.4, 0.5) is 15.9 Å². The van der Waals surface area contributed by atoms with E-state index in [-0.39, 0.29) is 0 Å². The number of nitro groups is 2. The lowest BCUT2D eigenvalue weighted by molar-refractivity contribution is -0.388. The van der Waals surface area contributed by atoms with E-state index in [1.54, 1.807) is 0 Å². The molecule has 0 saturated heterocycles. The Bertz CT molecular complexity index is 1010. The highest BCUT2D eigenvalue weighted by Gasteiger charge is 2.43. The number of benzene rings is 2. The van der Waals surface area contributed by atoms with E-state index in [4.69, 9.17) is 0 Å². The number of nitro benzene ring substituents is 2. The van der Waals surface area contributed by atoms with Crippen LogP contribution in [0.1, 0.15) is 0 Å². The standard InChI is InChI=1S/C12H8FN3O8S2/c13-16(25(21,22)11-7-3-1-5-9(11)14(17)18)26(23,24)12-8-4-2-6-10(12)15(19)20/h1-8H. The van der Waals surface area contributed by atoms with Crippen molar-refractivity contribution < 1.29 is 31.2 Å². The minimum Gasteiger partial charge on any atom is -0.258 e. The van der Waals surface area contributed by atoms with E-state index < -0.39 is 55.0 Å². The molecule has 0 aliphatic heterocycles. The van der Waals surface area contributed by atoms with E-state index in [9.17, 15) is 41.5 Å². The molecule has 0 aromatic heterocycles. The Morgan fingerprint density at radius 2 is 1.04 bits per heavy atom. The molecule has 0 bridgehead atoms. The average molecular weight is 405 g/mol. The molecule has 0 saturated carbocycles. The number of hydrogen-bond donors (Lipinski definition) is 0. The number of halogens is 1. The Kier molecular flexibility index (Phi) is 5.02. The van der Waals surface area contributed by atoms with Gasteiger partial charge in [-0.25, -0.2) is 16.8 Å². The van der Waals surface area contributed by atoms with Gasteiger partial charge >= 0.3 is 0 Å². The first kappa shape index (κ1) is 19.4. The zero-order valence-electron chi connectivity index (χ0n) is 12.4. The van der Waals surface area contributed by atoms with Crippen LogP contribution in [0.2, 0.25) is 0 Å². The Morgan fingerprint density at radius 1 is 0.731 bits per heavy atom. The van der Waals surface area contributed by atoms with Gasteiger partial charge in [0, 0.05) is 12.1 Å². The molecule has 0 aliphatic rings. The second-order valence-electron chi connectivity index (χ2n) is 4.61. The van der Waals surface area contributed by atoms with Gasteiger partial charge < -0.3 is 0 Å². The maximum atomic E-state index is 14.4. The van der Waals surface area contributed by atoms with Crippen LogP contribution < -0.4 is 0 Å². The van der Waals surface area contributed by atoms with Gasteiger partial charge in [-0.2, -0.15) is 0 Å². The molecule has 0 radical (unpaired) electrons. The van der Waals surface area contributed by atoms with Crippen molar-refractivity contribution >= 4 is 31.4 Å². The first-order valence-electron chi connectivity index (χ1n) is 6.44. The lowest BCUT2D eigenvalue weighted by Gasteiger charge is -2.13. The molecule has 26 heavy (non-hydrogen) atoms. The Hall–Kier alpha value is -2.97. The van der Waals surface area contributed by atoms with Crippen molar-refractivity contribution in [2.24, 2.45) is 0 Å². The van der Waals surface area contributed by atoms with Crippen molar-refractivity contribution in [2.75, 3.05) is 0 Å². The van der Waals surface area contributed by atoms with Crippen LogP contribution in [0.3, 0.4) is 0 Å². The van der Waals surface area contributed by atoms with Crippen molar-refractivity contribution in [1.29, 1.82) is 0 Å². The fraction of sp³-hybridized carbons (Fsp3) is 0. The molecule has 0 fully saturated rings. The minimum atomic E-state index is -5.55. The van der Waals surface area contributed by atoms with Crippen LogP contribution in [0.15, 0.2) is 58.3 Å². The summed E-state index contributed by atoms with van der Waals surface area (Å²) >= 11 is 0. The van der Waals surface area contributed by atoms with Gasteiger partial charge in [-0.15, -0.1) is 4.48 Å². The van der Waals surface area contributed by atoms with E-state index in [0.717, 1.165) is 36.4 Å². The predicted molar refractivity (Wildman–Crippen MR) is 83.5 cm³/mol. The van der Waals surface area contributed by atoms with Crippen molar-refractivity contribution in [2.45, 2.75) is 9.79 Å². The highest BCUT2D eigenvalue weighted by molar-refractivity contribution is 8.04. The van der Waals surface area contributed by atoms with Crippen molar-refractivity contribution in [3.8, 4) is 0 Å². The average Bonchev–Trinajstić information content (AvgIpc) is 2.60. The summed E-state index contributed by atoms with van der Waals surface area (Å²) in [7, 11) is -11.1. The molecule has 0 N–H and O–H groups in total. The van der Waals surface area contributed by atoms with Gasteiger partial charge in [0.2, 0.25) is 0 Å². The topological polar surface area (TPSA) is 158 Å². The molecule has 138 valence electrons. The summed E-state index contributed by atoms with van der Waals surface area (Å²) in [6, 6.07) is 6.96. The van der Waals surface area contributed by atoms with Gasteiger partial charge in [0.15, 0.2) is 9.79 Å². The van der Waals surface area contributed by atoms with Crippen LogP contribution in [0.25, 0.3) is 0 Å². The smallest absolute Gasteiger partial charge is 0.258 e. The van der Waals surface area contributed by atoms with Crippen molar-refractivity contribution in [3.63, 3.8) is 0 Å². The molecule has 0 heterocycles. The van der Waals surface area contributed by atoms with E-state index in [1.807, 2.05) is 0 Å². The molecule has 2 aromatic rings. The first-order valence-corrected chi connectivity index (χ1v) is 9.32. The fourth-order valence-electron chi connectivity index (χ4n) is 1.94. The van der Waals surface area contributed by atoms with Gasteiger partial charge in [-0.3, -0.25) is 20.2 Å². The fourth-order valence-corrected chi connectivity index (χ4v) is 5.08. The van der Waals surface area contributed by atoms with E-state index in [0.29, 0.717) is 12.1 Å². The normalized spacial score (nSPS) is 12.1. The van der Waals surface area contributed by atoms with E-state index >= 15 is 0 Å². The molecule has 2 rings (SSSR count). The third-order valence-electron chi connectivity index (χ3n) is 3.06. The molecule has 2 aromatic carbocycles. The van der Waals surface area contributed by atoms with Gasteiger partial charge in [0.25, 0.3) is 31.4 Å². The maximum absolute atomic E-state index is 14.4. The molecular formula is C12H8FN3O8S2. The monoisotopic (exact) mass is 405 g/mol.